The van der Waals surface area contributed by atoms with Gasteiger partial charge in [-0.3, -0.25) is 19.4 Å². The molecule has 26 heavy (non-hydrogen) atoms. The van der Waals surface area contributed by atoms with Gasteiger partial charge in [-0.15, -0.1) is 0 Å². The van der Waals surface area contributed by atoms with E-state index in [0.717, 1.165) is 5.56 Å². The topological polar surface area (TPSA) is 95.9 Å². The second kappa shape index (κ2) is 6.83. The zero-order valence-electron chi connectivity index (χ0n) is 14.0. The zero-order chi connectivity index (χ0) is 17.9. The normalized spacial score (nSPS) is 16.8. The van der Waals surface area contributed by atoms with Gasteiger partial charge in [0.25, 0.3) is 0 Å². The summed E-state index contributed by atoms with van der Waals surface area (Å²) in [5, 5.41) is 13.6. The molecule has 1 aliphatic heterocycles. The number of nitrogens with one attached hydrogen (secondary N) is 2. The third-order valence-electron chi connectivity index (χ3n) is 4.38. The molecule has 2 amide bonds. The smallest absolute Gasteiger partial charge is 0.229 e. The number of nitrogens with zero attached hydrogens (tertiary/aromatic N) is 4. The van der Waals surface area contributed by atoms with Gasteiger partial charge in [-0.05, 0) is 5.56 Å². The fourth-order valence-corrected chi connectivity index (χ4v) is 3.05. The van der Waals surface area contributed by atoms with Crippen LogP contribution in [0.2, 0.25) is 0 Å². The summed E-state index contributed by atoms with van der Waals surface area (Å²) in [5.41, 5.74) is 2.44. The van der Waals surface area contributed by atoms with Crippen molar-refractivity contribution >= 4 is 23.2 Å². The number of hydrogen-bond donors (Lipinski definition) is 2. The molecule has 1 atom stereocenters. The van der Waals surface area contributed by atoms with E-state index >= 15 is 0 Å². The Hall–Kier alpha value is -3.42. The van der Waals surface area contributed by atoms with Crippen LogP contribution in [0.1, 0.15) is 12.0 Å². The highest BCUT2D eigenvalue weighted by Gasteiger charge is 2.35. The second-order valence-corrected chi connectivity index (χ2v) is 6.26. The van der Waals surface area contributed by atoms with Gasteiger partial charge in [0.05, 0.1) is 36.2 Å². The minimum atomic E-state index is -0.394. The number of anilines is 2. The molecule has 0 saturated carbocycles. The number of H-pyrrole nitrogens is 1. The number of benzene rings is 1. The summed E-state index contributed by atoms with van der Waals surface area (Å²) in [4.78, 5) is 26.2. The van der Waals surface area contributed by atoms with E-state index in [4.69, 9.17) is 0 Å². The Bertz CT molecular complexity index is 903. The molecule has 8 nitrogen and oxygen atoms in total. The molecule has 1 aliphatic rings. The van der Waals surface area contributed by atoms with Crippen LogP contribution in [0, 0.1) is 5.92 Å². The van der Waals surface area contributed by atoms with Gasteiger partial charge in [-0.1, -0.05) is 30.3 Å². The van der Waals surface area contributed by atoms with Gasteiger partial charge in [-0.25, -0.2) is 0 Å². The lowest BCUT2D eigenvalue weighted by Gasteiger charge is -2.13. The Labute approximate surface area is 149 Å². The van der Waals surface area contributed by atoms with Gasteiger partial charge < -0.3 is 10.2 Å². The fraction of sp³-hybridized carbons (Fsp3) is 0.222. The molecule has 0 spiro atoms. The van der Waals surface area contributed by atoms with Crippen molar-refractivity contribution in [2.24, 2.45) is 5.92 Å². The van der Waals surface area contributed by atoms with Crippen LogP contribution < -0.4 is 10.2 Å². The fourth-order valence-electron chi connectivity index (χ4n) is 3.05. The Morgan fingerprint density at radius 2 is 2.12 bits per heavy atom. The van der Waals surface area contributed by atoms with Crippen LogP contribution in [0.15, 0.2) is 55.1 Å². The van der Waals surface area contributed by atoms with Gasteiger partial charge in [0.1, 0.15) is 0 Å². The third-order valence-corrected chi connectivity index (χ3v) is 4.38. The number of carbonyl (C=O) groups excluding carboxylic acids is 2. The molecule has 2 aromatic heterocycles. The van der Waals surface area contributed by atoms with Crippen molar-refractivity contribution in [3.05, 3.63) is 60.7 Å². The average Bonchev–Trinajstić information content (AvgIpc) is 3.37. The standard InChI is InChI=1S/C18H18N6O2/c25-17-6-14(11-24(17)16-8-19-20-9-16)18(26)22-15-7-21-23(12-15)10-13-4-2-1-3-5-13/h1-5,7-9,12,14H,6,10-11H2,(H,19,20)(H,22,26). The first-order valence-electron chi connectivity index (χ1n) is 8.35. The number of rotatable bonds is 5. The average molecular weight is 350 g/mol. The van der Waals surface area contributed by atoms with Crippen LogP contribution in [-0.4, -0.2) is 38.3 Å². The Balaban J connectivity index is 1.37. The largest absolute Gasteiger partial charge is 0.323 e. The highest BCUT2D eigenvalue weighted by Crippen LogP contribution is 2.25. The molecule has 0 aliphatic carbocycles. The summed E-state index contributed by atoms with van der Waals surface area (Å²) in [6.45, 7) is 0.981. The van der Waals surface area contributed by atoms with Crippen molar-refractivity contribution in [3.63, 3.8) is 0 Å². The van der Waals surface area contributed by atoms with Gasteiger partial charge in [0.2, 0.25) is 11.8 Å². The van der Waals surface area contributed by atoms with Gasteiger partial charge in [-0.2, -0.15) is 10.2 Å². The first-order chi connectivity index (χ1) is 12.7. The predicted octanol–water partition coefficient (Wildman–Crippen LogP) is 1.65. The van der Waals surface area contributed by atoms with E-state index in [9.17, 15) is 9.59 Å². The number of amides is 2. The third kappa shape index (κ3) is 3.34. The Kier molecular flexibility index (Phi) is 4.22. The highest BCUT2D eigenvalue weighted by atomic mass is 16.2. The molecule has 1 unspecified atom stereocenters. The first kappa shape index (κ1) is 16.1. The zero-order valence-corrected chi connectivity index (χ0v) is 14.0. The maximum Gasteiger partial charge on any atom is 0.229 e. The monoisotopic (exact) mass is 350 g/mol. The lowest BCUT2D eigenvalue weighted by Crippen LogP contribution is -2.27. The van der Waals surface area contributed by atoms with Crippen LogP contribution in [0.25, 0.3) is 0 Å². The van der Waals surface area contributed by atoms with Crippen molar-refractivity contribution in [3.8, 4) is 0 Å². The summed E-state index contributed by atoms with van der Waals surface area (Å²) in [6.07, 6.45) is 6.81. The SMILES string of the molecule is O=C(Nc1cnn(Cc2ccccc2)c1)C1CC(=O)N(c2cn[nH]c2)C1. The molecule has 1 saturated heterocycles. The summed E-state index contributed by atoms with van der Waals surface area (Å²) < 4.78 is 1.77. The van der Waals surface area contributed by atoms with E-state index in [1.807, 2.05) is 30.3 Å². The van der Waals surface area contributed by atoms with E-state index in [2.05, 4.69) is 20.6 Å². The molecule has 1 fully saturated rings. The van der Waals surface area contributed by atoms with E-state index in [0.29, 0.717) is 24.5 Å². The van der Waals surface area contributed by atoms with Crippen molar-refractivity contribution in [2.75, 3.05) is 16.8 Å². The molecule has 2 N–H and O–H groups in total. The van der Waals surface area contributed by atoms with E-state index < -0.39 is 5.92 Å². The molecule has 3 aromatic rings. The van der Waals surface area contributed by atoms with Crippen LogP contribution in [0.3, 0.4) is 0 Å². The quantitative estimate of drug-likeness (QED) is 0.731. The van der Waals surface area contributed by atoms with E-state index in [1.165, 1.54) is 0 Å². The lowest BCUT2D eigenvalue weighted by molar-refractivity contribution is -0.122. The van der Waals surface area contributed by atoms with Crippen molar-refractivity contribution < 1.29 is 9.59 Å². The van der Waals surface area contributed by atoms with E-state index in [-0.39, 0.29) is 18.2 Å². The summed E-state index contributed by atoms with van der Waals surface area (Å²) in [5.74, 6) is -0.648. The molecule has 0 bridgehead atoms. The van der Waals surface area contributed by atoms with E-state index in [1.54, 1.807) is 34.4 Å². The highest BCUT2D eigenvalue weighted by molar-refractivity contribution is 6.03. The maximum absolute atomic E-state index is 12.5. The number of hydrogen-bond acceptors (Lipinski definition) is 4. The lowest BCUT2D eigenvalue weighted by atomic mass is 10.1. The molecule has 1 aromatic carbocycles. The van der Waals surface area contributed by atoms with Crippen LogP contribution in [0.4, 0.5) is 11.4 Å². The molecular formula is C18H18N6O2. The first-order valence-corrected chi connectivity index (χ1v) is 8.35. The summed E-state index contributed by atoms with van der Waals surface area (Å²) in [6, 6.07) is 9.96. The Morgan fingerprint density at radius 1 is 1.27 bits per heavy atom. The number of carbonyl (C=O) groups is 2. The second-order valence-electron chi connectivity index (χ2n) is 6.26. The van der Waals surface area contributed by atoms with Gasteiger partial charge >= 0.3 is 0 Å². The van der Waals surface area contributed by atoms with Crippen LogP contribution >= 0.6 is 0 Å². The molecule has 4 rings (SSSR count). The predicted molar refractivity (Wildman–Crippen MR) is 95.4 cm³/mol. The van der Waals surface area contributed by atoms with Crippen molar-refractivity contribution in [1.29, 1.82) is 0 Å². The Morgan fingerprint density at radius 3 is 2.88 bits per heavy atom. The van der Waals surface area contributed by atoms with Crippen LogP contribution in [0.5, 0.6) is 0 Å². The van der Waals surface area contributed by atoms with Crippen molar-refractivity contribution in [1.82, 2.24) is 20.0 Å². The molecule has 0 radical (unpaired) electrons. The van der Waals surface area contributed by atoms with Crippen LogP contribution in [-0.2, 0) is 16.1 Å². The molecule has 132 valence electrons. The maximum atomic E-state index is 12.5. The number of aromatic nitrogens is 4. The summed E-state index contributed by atoms with van der Waals surface area (Å²) in [7, 11) is 0. The van der Waals surface area contributed by atoms with Gasteiger partial charge in [0, 0.05) is 25.4 Å². The molecule has 8 heteroatoms. The minimum absolute atomic E-state index is 0.0775. The molecular weight excluding hydrogens is 332 g/mol. The van der Waals surface area contributed by atoms with Gasteiger partial charge in [0.15, 0.2) is 0 Å². The number of aromatic amines is 1. The molecule has 3 heterocycles. The summed E-state index contributed by atoms with van der Waals surface area (Å²) >= 11 is 0. The minimum Gasteiger partial charge on any atom is -0.323 e. The van der Waals surface area contributed by atoms with Crippen molar-refractivity contribution in [2.45, 2.75) is 13.0 Å².